The van der Waals surface area contributed by atoms with Crippen molar-refractivity contribution in [1.82, 2.24) is 0 Å². The Morgan fingerprint density at radius 1 is 0.444 bits per heavy atom. The zero-order valence-electron chi connectivity index (χ0n) is 14.7. The zero-order valence-corrected chi connectivity index (χ0v) is 15.4. The molecule has 0 aliphatic carbocycles. The molecule has 5 rings (SSSR count). The molecular formula is C26H17Cl. The predicted octanol–water partition coefficient (Wildman–Crippen LogP) is 7.98. The van der Waals surface area contributed by atoms with Gasteiger partial charge in [-0.05, 0) is 44.3 Å². The first-order chi connectivity index (χ1) is 13.3. The Labute approximate surface area is 163 Å². The molecule has 0 N–H and O–H groups in total. The van der Waals surface area contributed by atoms with E-state index in [1.165, 1.54) is 27.1 Å². The van der Waals surface area contributed by atoms with Crippen molar-refractivity contribution in [3.63, 3.8) is 0 Å². The Kier molecular flexibility index (Phi) is 3.92. The Bertz CT molecular complexity index is 1270. The summed E-state index contributed by atoms with van der Waals surface area (Å²) in [5.41, 5.74) is 4.59. The van der Waals surface area contributed by atoms with Gasteiger partial charge < -0.3 is 0 Å². The minimum absolute atomic E-state index is 0.775. The van der Waals surface area contributed by atoms with Crippen molar-refractivity contribution in [1.29, 1.82) is 0 Å². The van der Waals surface area contributed by atoms with Gasteiger partial charge >= 0.3 is 0 Å². The molecule has 0 atom stereocenters. The van der Waals surface area contributed by atoms with Crippen LogP contribution >= 0.6 is 11.6 Å². The second-order valence-corrected chi connectivity index (χ2v) is 7.12. The van der Waals surface area contributed by atoms with Crippen LogP contribution in [0.3, 0.4) is 0 Å². The number of hydrogen-bond donors (Lipinski definition) is 0. The molecule has 0 saturated carbocycles. The molecule has 0 radical (unpaired) electrons. The topological polar surface area (TPSA) is 0 Å². The van der Waals surface area contributed by atoms with E-state index in [1.807, 2.05) is 18.2 Å². The summed E-state index contributed by atoms with van der Waals surface area (Å²) in [6, 6.07) is 36.0. The zero-order chi connectivity index (χ0) is 18.2. The largest absolute Gasteiger partial charge is 0.0836 e. The molecule has 0 amide bonds. The highest BCUT2D eigenvalue weighted by molar-refractivity contribution is 6.34. The van der Waals surface area contributed by atoms with E-state index in [1.54, 1.807) is 0 Å². The van der Waals surface area contributed by atoms with Crippen LogP contribution in [0, 0.1) is 0 Å². The van der Waals surface area contributed by atoms with Crippen molar-refractivity contribution in [2.24, 2.45) is 0 Å². The molecule has 27 heavy (non-hydrogen) atoms. The monoisotopic (exact) mass is 364 g/mol. The van der Waals surface area contributed by atoms with Gasteiger partial charge in [0.2, 0.25) is 0 Å². The first kappa shape index (κ1) is 16.1. The lowest BCUT2D eigenvalue weighted by molar-refractivity contribution is 1.60. The molecule has 0 heterocycles. The van der Waals surface area contributed by atoms with Crippen LogP contribution in [0.1, 0.15) is 0 Å². The SMILES string of the molecule is Clc1cccc(-c2cccc3c2ccc2ccccc23)c1-c1ccccc1. The number of fused-ring (bicyclic) bond motifs is 3. The number of benzene rings is 5. The lowest BCUT2D eigenvalue weighted by Gasteiger charge is -2.15. The maximum absolute atomic E-state index is 6.66. The van der Waals surface area contributed by atoms with E-state index in [4.69, 9.17) is 11.6 Å². The van der Waals surface area contributed by atoms with Gasteiger partial charge in [-0.1, -0.05) is 109 Å². The smallest absolute Gasteiger partial charge is 0.0490 e. The molecule has 0 spiro atoms. The second-order valence-electron chi connectivity index (χ2n) is 6.72. The van der Waals surface area contributed by atoms with Crippen LogP contribution in [0.5, 0.6) is 0 Å². The van der Waals surface area contributed by atoms with E-state index in [2.05, 4.69) is 84.9 Å². The van der Waals surface area contributed by atoms with E-state index in [0.717, 1.165) is 21.7 Å². The molecule has 0 aliphatic rings. The summed E-state index contributed by atoms with van der Waals surface area (Å²) in [6.45, 7) is 0. The quantitative estimate of drug-likeness (QED) is 0.278. The molecular weight excluding hydrogens is 348 g/mol. The highest BCUT2D eigenvalue weighted by atomic mass is 35.5. The minimum Gasteiger partial charge on any atom is -0.0836 e. The first-order valence-electron chi connectivity index (χ1n) is 9.08. The minimum atomic E-state index is 0.775. The van der Waals surface area contributed by atoms with Gasteiger partial charge in [0.1, 0.15) is 0 Å². The maximum atomic E-state index is 6.66. The normalized spacial score (nSPS) is 11.1. The molecule has 128 valence electrons. The van der Waals surface area contributed by atoms with E-state index in [0.29, 0.717) is 0 Å². The van der Waals surface area contributed by atoms with E-state index in [-0.39, 0.29) is 0 Å². The number of halogens is 1. The highest BCUT2D eigenvalue weighted by Crippen LogP contribution is 2.41. The maximum Gasteiger partial charge on any atom is 0.0490 e. The van der Waals surface area contributed by atoms with Crippen molar-refractivity contribution in [2.45, 2.75) is 0 Å². The molecule has 1 heteroatoms. The molecule has 0 aromatic heterocycles. The molecule has 0 unspecified atom stereocenters. The van der Waals surface area contributed by atoms with Gasteiger partial charge in [-0.2, -0.15) is 0 Å². The highest BCUT2D eigenvalue weighted by Gasteiger charge is 2.14. The van der Waals surface area contributed by atoms with Crippen LogP contribution in [0.25, 0.3) is 43.8 Å². The van der Waals surface area contributed by atoms with Crippen molar-refractivity contribution >= 4 is 33.1 Å². The van der Waals surface area contributed by atoms with Crippen molar-refractivity contribution in [3.05, 3.63) is 108 Å². The summed E-state index contributed by atoms with van der Waals surface area (Å²) >= 11 is 6.66. The lowest BCUT2D eigenvalue weighted by atomic mass is 9.90. The Morgan fingerprint density at radius 2 is 1.15 bits per heavy atom. The molecule has 0 nitrogen and oxygen atoms in total. The van der Waals surface area contributed by atoms with Gasteiger partial charge in [-0.25, -0.2) is 0 Å². The standard InChI is InChI=1S/C26H17Cl/c27-25-15-7-14-24(26(25)19-9-2-1-3-10-19)22-13-6-12-21-20-11-5-4-8-18(20)16-17-23(21)22/h1-17H. The summed E-state index contributed by atoms with van der Waals surface area (Å²) in [4.78, 5) is 0. The van der Waals surface area contributed by atoms with E-state index >= 15 is 0 Å². The van der Waals surface area contributed by atoms with Crippen molar-refractivity contribution in [3.8, 4) is 22.3 Å². The first-order valence-corrected chi connectivity index (χ1v) is 9.45. The van der Waals surface area contributed by atoms with Gasteiger partial charge in [0.15, 0.2) is 0 Å². The third kappa shape index (κ3) is 2.70. The summed E-state index contributed by atoms with van der Waals surface area (Å²) in [5.74, 6) is 0. The van der Waals surface area contributed by atoms with Crippen LogP contribution in [0.2, 0.25) is 5.02 Å². The number of rotatable bonds is 2. The summed E-state index contributed by atoms with van der Waals surface area (Å²) < 4.78 is 0. The molecule has 5 aromatic carbocycles. The van der Waals surface area contributed by atoms with Crippen LogP contribution < -0.4 is 0 Å². The van der Waals surface area contributed by atoms with Gasteiger partial charge in [-0.15, -0.1) is 0 Å². The van der Waals surface area contributed by atoms with Crippen LogP contribution in [0.15, 0.2) is 103 Å². The number of hydrogen-bond acceptors (Lipinski definition) is 0. The molecule has 0 aliphatic heterocycles. The molecule has 0 bridgehead atoms. The fourth-order valence-corrected chi connectivity index (χ4v) is 4.21. The summed E-state index contributed by atoms with van der Waals surface area (Å²) in [7, 11) is 0. The fourth-order valence-electron chi connectivity index (χ4n) is 3.92. The van der Waals surface area contributed by atoms with Gasteiger partial charge in [-0.3, -0.25) is 0 Å². The van der Waals surface area contributed by atoms with E-state index < -0.39 is 0 Å². The molecule has 0 fully saturated rings. The van der Waals surface area contributed by atoms with Crippen LogP contribution in [-0.4, -0.2) is 0 Å². The second kappa shape index (κ2) is 6.57. The van der Waals surface area contributed by atoms with Gasteiger partial charge in [0, 0.05) is 10.6 Å². The van der Waals surface area contributed by atoms with Crippen molar-refractivity contribution in [2.75, 3.05) is 0 Å². The average molecular weight is 365 g/mol. The Morgan fingerprint density at radius 3 is 2.04 bits per heavy atom. The molecule has 5 aromatic rings. The third-order valence-corrected chi connectivity index (χ3v) is 5.47. The Balaban J connectivity index is 1.86. The Hall–Kier alpha value is -3.09. The fraction of sp³-hybridized carbons (Fsp3) is 0. The molecule has 0 saturated heterocycles. The van der Waals surface area contributed by atoms with Gasteiger partial charge in [0.25, 0.3) is 0 Å². The summed E-state index contributed by atoms with van der Waals surface area (Å²) in [5, 5.41) is 5.83. The van der Waals surface area contributed by atoms with E-state index in [9.17, 15) is 0 Å². The summed E-state index contributed by atoms with van der Waals surface area (Å²) in [6.07, 6.45) is 0. The predicted molar refractivity (Wildman–Crippen MR) is 117 cm³/mol. The third-order valence-electron chi connectivity index (χ3n) is 5.15. The average Bonchev–Trinajstić information content (AvgIpc) is 2.73. The van der Waals surface area contributed by atoms with Gasteiger partial charge in [0.05, 0.1) is 0 Å². The van der Waals surface area contributed by atoms with Crippen LogP contribution in [0.4, 0.5) is 0 Å². The van der Waals surface area contributed by atoms with Crippen LogP contribution in [-0.2, 0) is 0 Å². The lowest BCUT2D eigenvalue weighted by Crippen LogP contribution is -1.88. The van der Waals surface area contributed by atoms with Crippen molar-refractivity contribution < 1.29 is 0 Å².